The van der Waals surface area contributed by atoms with Crippen molar-refractivity contribution in [1.82, 2.24) is 10.6 Å². The highest BCUT2D eigenvalue weighted by Gasteiger charge is 2.49. The summed E-state index contributed by atoms with van der Waals surface area (Å²) in [7, 11) is 0. The second-order valence-corrected chi connectivity index (χ2v) is 5.46. The highest BCUT2D eigenvalue weighted by atomic mass is 35.5. The Labute approximate surface area is 114 Å². The summed E-state index contributed by atoms with van der Waals surface area (Å²) in [4.78, 5) is 12.3. The van der Waals surface area contributed by atoms with Crippen LogP contribution in [0.25, 0.3) is 0 Å². The van der Waals surface area contributed by atoms with Gasteiger partial charge in [0.15, 0.2) is 0 Å². The van der Waals surface area contributed by atoms with E-state index in [1.54, 1.807) is 0 Å². The highest BCUT2D eigenvalue weighted by molar-refractivity contribution is 6.29. The van der Waals surface area contributed by atoms with Crippen molar-refractivity contribution in [1.29, 1.82) is 0 Å². The summed E-state index contributed by atoms with van der Waals surface area (Å²) in [6.07, 6.45) is 4.59. The summed E-state index contributed by atoms with van der Waals surface area (Å²) in [5.74, 6) is 0.661. The van der Waals surface area contributed by atoms with Crippen molar-refractivity contribution in [2.45, 2.75) is 25.7 Å². The third-order valence-electron chi connectivity index (χ3n) is 3.93. The van der Waals surface area contributed by atoms with Crippen LogP contribution in [0, 0.1) is 11.3 Å². The SMILES string of the molecule is C=C(Cl)CNC(=O)[C@@]12CCCC[C@H]1CNC2.Cl. The smallest absolute Gasteiger partial charge is 0.228 e. The monoisotopic (exact) mass is 278 g/mol. The van der Waals surface area contributed by atoms with Crippen molar-refractivity contribution < 1.29 is 4.79 Å². The summed E-state index contributed by atoms with van der Waals surface area (Å²) in [5.41, 5.74) is -0.176. The van der Waals surface area contributed by atoms with Gasteiger partial charge in [-0.2, -0.15) is 0 Å². The molecule has 1 aliphatic carbocycles. The van der Waals surface area contributed by atoms with Crippen LogP contribution in [0.5, 0.6) is 0 Å². The van der Waals surface area contributed by atoms with Gasteiger partial charge in [-0.15, -0.1) is 12.4 Å². The van der Waals surface area contributed by atoms with Gasteiger partial charge in [-0.3, -0.25) is 4.79 Å². The van der Waals surface area contributed by atoms with Crippen LogP contribution < -0.4 is 10.6 Å². The van der Waals surface area contributed by atoms with Gasteiger partial charge in [0.2, 0.25) is 5.91 Å². The molecule has 0 aromatic heterocycles. The van der Waals surface area contributed by atoms with E-state index < -0.39 is 0 Å². The zero-order valence-corrected chi connectivity index (χ0v) is 11.5. The Morgan fingerprint density at radius 3 is 3.00 bits per heavy atom. The number of hydrogen-bond donors (Lipinski definition) is 2. The quantitative estimate of drug-likeness (QED) is 0.830. The lowest BCUT2D eigenvalue weighted by Crippen LogP contribution is -2.48. The second kappa shape index (κ2) is 6.07. The Hall–Kier alpha value is -0.250. The van der Waals surface area contributed by atoms with Crippen LogP contribution in [-0.2, 0) is 4.79 Å². The predicted molar refractivity (Wildman–Crippen MR) is 72.5 cm³/mol. The Kier molecular flexibility index (Phi) is 5.29. The molecule has 17 heavy (non-hydrogen) atoms. The summed E-state index contributed by atoms with van der Waals surface area (Å²) in [6, 6.07) is 0. The van der Waals surface area contributed by atoms with E-state index in [2.05, 4.69) is 17.2 Å². The zero-order valence-electron chi connectivity index (χ0n) is 9.93. The minimum atomic E-state index is -0.176. The molecule has 1 aliphatic heterocycles. The van der Waals surface area contributed by atoms with Crippen molar-refractivity contribution in [3.05, 3.63) is 11.6 Å². The molecule has 2 rings (SSSR count). The molecule has 0 bridgehead atoms. The van der Waals surface area contributed by atoms with Gasteiger partial charge in [-0.1, -0.05) is 31.0 Å². The number of nitrogens with one attached hydrogen (secondary N) is 2. The molecule has 0 spiro atoms. The number of halogens is 2. The van der Waals surface area contributed by atoms with Crippen molar-refractivity contribution in [3.8, 4) is 0 Å². The van der Waals surface area contributed by atoms with Gasteiger partial charge in [0, 0.05) is 11.6 Å². The van der Waals surface area contributed by atoms with Crippen LogP contribution >= 0.6 is 24.0 Å². The van der Waals surface area contributed by atoms with Crippen molar-refractivity contribution in [3.63, 3.8) is 0 Å². The van der Waals surface area contributed by atoms with E-state index >= 15 is 0 Å². The van der Waals surface area contributed by atoms with Crippen LogP contribution in [0.1, 0.15) is 25.7 Å². The normalized spacial score (nSPS) is 31.2. The maximum atomic E-state index is 12.3. The average Bonchev–Trinajstić information content (AvgIpc) is 2.70. The topological polar surface area (TPSA) is 41.1 Å². The van der Waals surface area contributed by atoms with E-state index in [0.29, 0.717) is 17.5 Å². The van der Waals surface area contributed by atoms with Crippen LogP contribution in [0.15, 0.2) is 11.6 Å². The minimum Gasteiger partial charge on any atom is -0.351 e. The second-order valence-electron chi connectivity index (χ2n) is 4.93. The van der Waals surface area contributed by atoms with E-state index in [-0.39, 0.29) is 23.7 Å². The standard InChI is InChI=1S/C12H19ClN2O.ClH/c1-9(13)6-15-11(16)12-5-3-2-4-10(12)7-14-8-12;/h10,14H,1-8H2,(H,15,16);1H/t10-,12+;/m0./s1. The van der Waals surface area contributed by atoms with Crippen LogP contribution in [0.2, 0.25) is 0 Å². The molecule has 1 heterocycles. The molecule has 2 atom stereocenters. The van der Waals surface area contributed by atoms with Crippen molar-refractivity contribution >= 4 is 29.9 Å². The van der Waals surface area contributed by atoms with Gasteiger partial charge in [-0.25, -0.2) is 0 Å². The Balaban J connectivity index is 0.00000144. The Morgan fingerprint density at radius 2 is 2.29 bits per heavy atom. The van der Waals surface area contributed by atoms with Gasteiger partial charge in [-0.05, 0) is 25.3 Å². The number of carbonyl (C=O) groups excluding carboxylic acids is 1. The van der Waals surface area contributed by atoms with E-state index in [4.69, 9.17) is 11.6 Å². The first-order valence-electron chi connectivity index (χ1n) is 5.97. The zero-order chi connectivity index (χ0) is 11.6. The van der Waals surface area contributed by atoms with E-state index in [1.165, 1.54) is 12.8 Å². The van der Waals surface area contributed by atoms with E-state index in [0.717, 1.165) is 25.9 Å². The molecule has 2 N–H and O–H groups in total. The molecule has 1 amide bonds. The highest BCUT2D eigenvalue weighted by Crippen LogP contribution is 2.43. The van der Waals surface area contributed by atoms with Gasteiger partial charge < -0.3 is 10.6 Å². The predicted octanol–water partition coefficient (Wildman–Crippen LogP) is 2.06. The fourth-order valence-electron chi connectivity index (χ4n) is 3.04. The molecule has 0 unspecified atom stereocenters. The van der Waals surface area contributed by atoms with Gasteiger partial charge in [0.25, 0.3) is 0 Å². The number of rotatable bonds is 3. The Bertz CT molecular complexity index is 309. The number of amides is 1. The fraction of sp³-hybridized carbons (Fsp3) is 0.750. The molecule has 0 aromatic rings. The summed E-state index contributed by atoms with van der Waals surface area (Å²) in [6.45, 7) is 5.77. The lowest BCUT2D eigenvalue weighted by atomic mass is 9.67. The molecule has 0 aromatic carbocycles. The minimum absolute atomic E-state index is 0. The number of hydrogen-bond acceptors (Lipinski definition) is 2. The molecule has 1 saturated carbocycles. The molecule has 2 aliphatic rings. The van der Waals surface area contributed by atoms with E-state index in [9.17, 15) is 4.79 Å². The average molecular weight is 279 g/mol. The molecular formula is C12H20Cl2N2O. The molecule has 98 valence electrons. The van der Waals surface area contributed by atoms with Crippen LogP contribution in [0.3, 0.4) is 0 Å². The molecule has 1 saturated heterocycles. The van der Waals surface area contributed by atoms with E-state index in [1.807, 2.05) is 0 Å². The lowest BCUT2D eigenvalue weighted by molar-refractivity contribution is -0.133. The lowest BCUT2D eigenvalue weighted by Gasteiger charge is -2.37. The summed E-state index contributed by atoms with van der Waals surface area (Å²) < 4.78 is 0. The first-order chi connectivity index (χ1) is 7.65. The summed E-state index contributed by atoms with van der Waals surface area (Å²) in [5, 5.41) is 6.75. The number of carbonyl (C=O) groups is 1. The molecule has 3 nitrogen and oxygen atoms in total. The third kappa shape index (κ3) is 2.95. The maximum Gasteiger partial charge on any atom is 0.228 e. The van der Waals surface area contributed by atoms with Gasteiger partial charge in [0.1, 0.15) is 0 Å². The fourth-order valence-corrected chi connectivity index (χ4v) is 3.11. The first-order valence-corrected chi connectivity index (χ1v) is 6.35. The van der Waals surface area contributed by atoms with Gasteiger partial charge in [0.05, 0.1) is 12.0 Å². The van der Waals surface area contributed by atoms with Crippen molar-refractivity contribution in [2.75, 3.05) is 19.6 Å². The van der Waals surface area contributed by atoms with Gasteiger partial charge >= 0.3 is 0 Å². The largest absolute Gasteiger partial charge is 0.351 e. The molecule has 0 radical (unpaired) electrons. The van der Waals surface area contributed by atoms with Crippen LogP contribution in [-0.4, -0.2) is 25.5 Å². The molecular weight excluding hydrogens is 259 g/mol. The molecule has 2 fully saturated rings. The van der Waals surface area contributed by atoms with Crippen molar-refractivity contribution in [2.24, 2.45) is 11.3 Å². The molecule has 5 heteroatoms. The van der Waals surface area contributed by atoms with Crippen LogP contribution in [0.4, 0.5) is 0 Å². The number of fused-ring (bicyclic) bond motifs is 1. The summed E-state index contributed by atoms with van der Waals surface area (Å²) >= 11 is 5.68. The maximum absolute atomic E-state index is 12.3. The Morgan fingerprint density at radius 1 is 1.53 bits per heavy atom. The third-order valence-corrected chi connectivity index (χ3v) is 4.06. The first kappa shape index (κ1) is 14.8.